The highest BCUT2D eigenvalue weighted by molar-refractivity contribution is 6.30. The minimum absolute atomic E-state index is 0.0369. The lowest BCUT2D eigenvalue weighted by molar-refractivity contribution is -0.143. The predicted molar refractivity (Wildman–Crippen MR) is 109 cm³/mol. The first-order chi connectivity index (χ1) is 14.4. The summed E-state index contributed by atoms with van der Waals surface area (Å²) in [5, 5.41) is 2.51. The van der Waals surface area contributed by atoms with E-state index >= 15 is 0 Å². The highest BCUT2D eigenvalue weighted by Crippen LogP contribution is 2.38. The molecule has 0 saturated heterocycles. The largest absolute Gasteiger partial charge is 0.493 e. The van der Waals surface area contributed by atoms with Crippen molar-refractivity contribution >= 4 is 29.6 Å². The number of halogens is 2. The Morgan fingerprint density at radius 3 is 2.30 bits per heavy atom. The number of esters is 1. The molecule has 0 spiro atoms. The molecule has 0 aliphatic carbocycles. The molecular formula is C21H21ClFNO6. The summed E-state index contributed by atoms with van der Waals surface area (Å²) < 4.78 is 33.8. The minimum atomic E-state index is -0.705. The van der Waals surface area contributed by atoms with Crippen molar-refractivity contribution in [3.05, 3.63) is 58.4 Å². The summed E-state index contributed by atoms with van der Waals surface area (Å²) in [6, 6.07) is 7.42. The van der Waals surface area contributed by atoms with Crippen LogP contribution in [0.25, 0.3) is 6.08 Å². The highest BCUT2D eigenvalue weighted by Gasteiger charge is 2.12. The van der Waals surface area contributed by atoms with Gasteiger partial charge in [-0.1, -0.05) is 17.7 Å². The molecule has 0 saturated carbocycles. The Morgan fingerprint density at radius 2 is 1.73 bits per heavy atom. The Hall–Kier alpha value is -3.26. The number of hydrogen-bond donors (Lipinski definition) is 1. The van der Waals surface area contributed by atoms with Crippen molar-refractivity contribution in [1.82, 2.24) is 5.32 Å². The first-order valence-electron chi connectivity index (χ1n) is 8.73. The van der Waals surface area contributed by atoms with Gasteiger partial charge >= 0.3 is 5.97 Å². The number of carbonyl (C=O) groups is 2. The van der Waals surface area contributed by atoms with E-state index < -0.39 is 24.3 Å². The molecule has 0 atom stereocenters. The van der Waals surface area contributed by atoms with Crippen LogP contribution in [0.4, 0.5) is 4.39 Å². The molecule has 0 aliphatic rings. The van der Waals surface area contributed by atoms with Crippen LogP contribution in [0.2, 0.25) is 5.02 Å². The van der Waals surface area contributed by atoms with Gasteiger partial charge in [-0.05, 0) is 41.5 Å². The monoisotopic (exact) mass is 437 g/mol. The highest BCUT2D eigenvalue weighted by atomic mass is 35.5. The zero-order valence-corrected chi connectivity index (χ0v) is 17.4. The first-order valence-corrected chi connectivity index (χ1v) is 9.11. The van der Waals surface area contributed by atoms with Crippen molar-refractivity contribution in [3.8, 4) is 17.2 Å². The topological polar surface area (TPSA) is 83.1 Å². The number of hydrogen-bond acceptors (Lipinski definition) is 6. The number of nitrogens with one attached hydrogen (secondary N) is 1. The van der Waals surface area contributed by atoms with Crippen LogP contribution in [0, 0.1) is 5.82 Å². The average Bonchev–Trinajstić information content (AvgIpc) is 2.75. The van der Waals surface area contributed by atoms with Crippen molar-refractivity contribution in [3.63, 3.8) is 0 Å². The van der Waals surface area contributed by atoms with Gasteiger partial charge in [0.2, 0.25) is 5.75 Å². The Labute approximate surface area is 178 Å². The van der Waals surface area contributed by atoms with E-state index in [1.54, 1.807) is 12.1 Å². The van der Waals surface area contributed by atoms with Crippen molar-refractivity contribution < 1.29 is 32.9 Å². The lowest BCUT2D eigenvalue weighted by atomic mass is 10.1. The third-order valence-electron chi connectivity index (χ3n) is 3.92. The number of rotatable bonds is 9. The summed E-state index contributed by atoms with van der Waals surface area (Å²) in [7, 11) is 4.46. The van der Waals surface area contributed by atoms with Crippen LogP contribution >= 0.6 is 11.6 Å². The van der Waals surface area contributed by atoms with Gasteiger partial charge in [-0.15, -0.1) is 0 Å². The molecule has 1 amide bonds. The first kappa shape index (κ1) is 23.0. The molecule has 9 heteroatoms. The zero-order valence-electron chi connectivity index (χ0n) is 16.7. The Bertz CT molecular complexity index is 922. The summed E-state index contributed by atoms with van der Waals surface area (Å²) in [5.74, 6) is -0.456. The molecular weight excluding hydrogens is 417 g/mol. The van der Waals surface area contributed by atoms with Crippen LogP contribution in [0.1, 0.15) is 11.1 Å². The van der Waals surface area contributed by atoms with Crippen molar-refractivity contribution in [1.29, 1.82) is 0 Å². The molecule has 2 aromatic rings. The number of benzene rings is 2. The van der Waals surface area contributed by atoms with Crippen LogP contribution < -0.4 is 19.5 Å². The molecule has 0 bridgehead atoms. The summed E-state index contributed by atoms with van der Waals surface area (Å²) >= 11 is 5.68. The standard InChI is InChI=1S/C21H21ClFNO6/c1-27-17-9-13(10-18(28-2)21(17)29-3)5-7-20(26)30-12-19(25)24-11-14-4-6-16(23)15(22)8-14/h4-10H,11-12H2,1-3H3,(H,24,25). The van der Waals surface area contributed by atoms with Crippen LogP contribution in [-0.4, -0.2) is 39.8 Å². The zero-order chi connectivity index (χ0) is 22.1. The van der Waals surface area contributed by atoms with E-state index in [1.807, 2.05) is 0 Å². The number of methoxy groups -OCH3 is 3. The third-order valence-corrected chi connectivity index (χ3v) is 4.21. The maximum absolute atomic E-state index is 13.1. The molecule has 160 valence electrons. The van der Waals surface area contributed by atoms with Gasteiger partial charge in [-0.25, -0.2) is 9.18 Å². The molecule has 0 radical (unpaired) electrons. The second kappa shape index (κ2) is 11.1. The number of carbonyl (C=O) groups excluding carboxylic acids is 2. The van der Waals surface area contributed by atoms with Gasteiger partial charge in [0, 0.05) is 12.6 Å². The molecule has 0 heterocycles. The van der Waals surface area contributed by atoms with E-state index in [-0.39, 0.29) is 11.6 Å². The molecule has 7 nitrogen and oxygen atoms in total. The van der Waals surface area contributed by atoms with Gasteiger partial charge in [0.1, 0.15) is 5.82 Å². The molecule has 0 fully saturated rings. The minimum Gasteiger partial charge on any atom is -0.493 e. The average molecular weight is 438 g/mol. The molecule has 0 aromatic heterocycles. The fraction of sp³-hybridized carbons (Fsp3) is 0.238. The lowest BCUT2D eigenvalue weighted by Gasteiger charge is -2.12. The van der Waals surface area contributed by atoms with Crippen molar-refractivity contribution in [2.24, 2.45) is 0 Å². The van der Waals surface area contributed by atoms with E-state index in [1.165, 1.54) is 51.7 Å². The third kappa shape index (κ3) is 6.38. The van der Waals surface area contributed by atoms with E-state index in [9.17, 15) is 14.0 Å². The fourth-order valence-electron chi connectivity index (χ4n) is 2.45. The van der Waals surface area contributed by atoms with Gasteiger partial charge in [-0.3, -0.25) is 4.79 Å². The number of amides is 1. The van der Waals surface area contributed by atoms with Crippen LogP contribution in [0.15, 0.2) is 36.4 Å². The normalized spacial score (nSPS) is 10.6. The van der Waals surface area contributed by atoms with Crippen LogP contribution in [0.3, 0.4) is 0 Å². The Kier molecular flexibility index (Phi) is 8.49. The van der Waals surface area contributed by atoms with Gasteiger partial charge in [0.25, 0.3) is 5.91 Å². The van der Waals surface area contributed by atoms with Gasteiger partial charge in [0.05, 0.1) is 26.4 Å². The van der Waals surface area contributed by atoms with Crippen molar-refractivity contribution in [2.75, 3.05) is 27.9 Å². The second-order valence-electron chi connectivity index (χ2n) is 5.92. The SMILES string of the molecule is COc1cc(C=CC(=O)OCC(=O)NCc2ccc(F)c(Cl)c2)cc(OC)c1OC. The van der Waals surface area contributed by atoms with Gasteiger partial charge in [-0.2, -0.15) is 0 Å². The van der Waals surface area contributed by atoms with E-state index in [0.717, 1.165) is 0 Å². The molecule has 0 unspecified atom stereocenters. The summed E-state index contributed by atoms with van der Waals surface area (Å²) in [6.45, 7) is -0.342. The molecule has 1 N–H and O–H groups in total. The second-order valence-corrected chi connectivity index (χ2v) is 6.33. The molecule has 30 heavy (non-hydrogen) atoms. The predicted octanol–water partition coefficient (Wildman–Crippen LogP) is 3.38. The quantitative estimate of drug-likeness (QED) is 0.478. The van der Waals surface area contributed by atoms with Crippen LogP contribution in [-0.2, 0) is 20.9 Å². The van der Waals surface area contributed by atoms with E-state index in [4.69, 9.17) is 30.5 Å². The summed E-state index contributed by atoms with van der Waals surface area (Å²) in [4.78, 5) is 23.7. The molecule has 0 aliphatic heterocycles. The summed E-state index contributed by atoms with van der Waals surface area (Å²) in [5.41, 5.74) is 1.22. The Balaban J connectivity index is 1.88. The van der Waals surface area contributed by atoms with Crippen molar-refractivity contribution in [2.45, 2.75) is 6.54 Å². The maximum Gasteiger partial charge on any atom is 0.331 e. The molecule has 2 aromatic carbocycles. The van der Waals surface area contributed by atoms with Crippen LogP contribution in [0.5, 0.6) is 17.2 Å². The van der Waals surface area contributed by atoms with Gasteiger partial charge < -0.3 is 24.3 Å². The fourth-order valence-corrected chi connectivity index (χ4v) is 2.65. The molecule has 2 rings (SSSR count). The van der Waals surface area contributed by atoms with E-state index in [0.29, 0.717) is 28.4 Å². The number of ether oxygens (including phenoxy) is 4. The maximum atomic E-state index is 13.1. The van der Waals surface area contributed by atoms with E-state index in [2.05, 4.69) is 5.32 Å². The summed E-state index contributed by atoms with van der Waals surface area (Å²) in [6.07, 6.45) is 2.67. The lowest BCUT2D eigenvalue weighted by Crippen LogP contribution is -2.28. The van der Waals surface area contributed by atoms with Gasteiger partial charge in [0.15, 0.2) is 18.1 Å². The smallest absolute Gasteiger partial charge is 0.331 e. The Morgan fingerprint density at radius 1 is 1.07 bits per heavy atom.